The summed E-state index contributed by atoms with van der Waals surface area (Å²) in [5.74, 6) is -0.207. The molecule has 1 fully saturated rings. The van der Waals surface area contributed by atoms with Gasteiger partial charge in [0.1, 0.15) is 0 Å². The van der Waals surface area contributed by atoms with Crippen molar-refractivity contribution >= 4 is 5.91 Å². The summed E-state index contributed by atoms with van der Waals surface area (Å²) in [6, 6.07) is 0.267. The lowest BCUT2D eigenvalue weighted by molar-refractivity contribution is -0.127. The number of carbonyl (C=O) groups is 1. The van der Waals surface area contributed by atoms with Crippen molar-refractivity contribution in [2.24, 2.45) is 11.1 Å². The molecule has 0 bridgehead atoms. The summed E-state index contributed by atoms with van der Waals surface area (Å²) in [6.07, 6.45) is 3.48. The van der Waals surface area contributed by atoms with E-state index in [2.05, 4.69) is 5.32 Å². The molecule has 3 heteroatoms. The van der Waals surface area contributed by atoms with Crippen molar-refractivity contribution in [3.05, 3.63) is 0 Å². The summed E-state index contributed by atoms with van der Waals surface area (Å²) in [5, 5.41) is 3.34. The third-order valence-electron chi connectivity index (χ3n) is 2.82. The fourth-order valence-electron chi connectivity index (χ4n) is 1.64. The summed E-state index contributed by atoms with van der Waals surface area (Å²) < 4.78 is 0. The van der Waals surface area contributed by atoms with E-state index >= 15 is 0 Å². The van der Waals surface area contributed by atoms with E-state index in [1.807, 2.05) is 13.8 Å². The molecule has 1 aliphatic heterocycles. The molecule has 70 valence electrons. The van der Waals surface area contributed by atoms with Crippen LogP contribution < -0.4 is 11.1 Å². The van der Waals surface area contributed by atoms with Crippen LogP contribution in [0.2, 0.25) is 0 Å². The van der Waals surface area contributed by atoms with Crippen LogP contribution in [0.3, 0.4) is 0 Å². The molecule has 1 atom stereocenters. The highest BCUT2D eigenvalue weighted by atomic mass is 16.1. The zero-order chi connectivity index (χ0) is 9.19. The summed E-state index contributed by atoms with van der Waals surface area (Å²) in [5.41, 5.74) is 4.92. The van der Waals surface area contributed by atoms with E-state index in [0.29, 0.717) is 0 Å². The number of amides is 1. The molecular weight excluding hydrogens is 152 g/mol. The Labute approximate surface area is 73.7 Å². The summed E-state index contributed by atoms with van der Waals surface area (Å²) >= 11 is 0. The number of primary amides is 1. The largest absolute Gasteiger partial charge is 0.369 e. The van der Waals surface area contributed by atoms with Gasteiger partial charge in [0.05, 0.1) is 5.41 Å². The predicted octanol–water partition coefficient (Wildman–Crippen LogP) is 0.640. The molecule has 1 heterocycles. The zero-order valence-corrected chi connectivity index (χ0v) is 7.89. The van der Waals surface area contributed by atoms with E-state index in [-0.39, 0.29) is 11.9 Å². The molecule has 1 rings (SSSR count). The van der Waals surface area contributed by atoms with Crippen molar-refractivity contribution in [1.29, 1.82) is 0 Å². The Hall–Kier alpha value is -0.570. The molecule has 1 aliphatic rings. The average Bonchev–Trinajstić information content (AvgIpc) is 2.06. The highest BCUT2D eigenvalue weighted by Crippen LogP contribution is 2.25. The molecule has 1 saturated heterocycles. The van der Waals surface area contributed by atoms with Crippen LogP contribution >= 0.6 is 0 Å². The molecule has 0 aromatic carbocycles. The van der Waals surface area contributed by atoms with Gasteiger partial charge in [-0.3, -0.25) is 4.79 Å². The van der Waals surface area contributed by atoms with Crippen molar-refractivity contribution in [2.45, 2.75) is 39.2 Å². The number of hydrogen-bond donors (Lipinski definition) is 2. The summed E-state index contributed by atoms with van der Waals surface area (Å²) in [7, 11) is 0. The van der Waals surface area contributed by atoms with Gasteiger partial charge < -0.3 is 11.1 Å². The molecule has 0 aliphatic carbocycles. The Kier molecular flexibility index (Phi) is 2.73. The van der Waals surface area contributed by atoms with Crippen molar-refractivity contribution in [3.63, 3.8) is 0 Å². The molecule has 1 amide bonds. The highest BCUT2D eigenvalue weighted by Gasteiger charge is 2.35. The van der Waals surface area contributed by atoms with E-state index in [0.717, 1.165) is 13.0 Å². The molecular formula is C9H18N2O. The van der Waals surface area contributed by atoms with Crippen LogP contribution in [0.15, 0.2) is 0 Å². The van der Waals surface area contributed by atoms with E-state index in [9.17, 15) is 4.79 Å². The van der Waals surface area contributed by atoms with Crippen LogP contribution in [0.4, 0.5) is 0 Å². The molecule has 12 heavy (non-hydrogen) atoms. The molecule has 0 saturated carbocycles. The lowest BCUT2D eigenvalue weighted by Crippen LogP contribution is -2.51. The number of carbonyl (C=O) groups excluding carboxylic acids is 1. The van der Waals surface area contributed by atoms with Gasteiger partial charge in [0.25, 0.3) is 0 Å². The van der Waals surface area contributed by atoms with E-state index in [1.165, 1.54) is 12.8 Å². The maximum atomic E-state index is 11.1. The van der Waals surface area contributed by atoms with Gasteiger partial charge in [0.15, 0.2) is 0 Å². The first-order chi connectivity index (χ1) is 5.55. The molecule has 0 radical (unpaired) electrons. The van der Waals surface area contributed by atoms with Crippen LogP contribution in [0.25, 0.3) is 0 Å². The topological polar surface area (TPSA) is 55.1 Å². The molecule has 3 nitrogen and oxygen atoms in total. The number of rotatable bonds is 2. The third-order valence-corrected chi connectivity index (χ3v) is 2.82. The maximum Gasteiger partial charge on any atom is 0.224 e. The highest BCUT2D eigenvalue weighted by molar-refractivity contribution is 5.80. The summed E-state index contributed by atoms with van der Waals surface area (Å²) in [6.45, 7) is 4.85. The minimum absolute atomic E-state index is 0.207. The van der Waals surface area contributed by atoms with Crippen molar-refractivity contribution in [1.82, 2.24) is 5.32 Å². The van der Waals surface area contributed by atoms with E-state index in [1.54, 1.807) is 0 Å². The molecule has 1 unspecified atom stereocenters. The zero-order valence-electron chi connectivity index (χ0n) is 7.89. The molecule has 0 aromatic rings. The SMILES string of the molecule is CC(C)(C(N)=O)C1CCCCN1. The fourth-order valence-corrected chi connectivity index (χ4v) is 1.64. The normalized spacial score (nSPS) is 25.3. The second-order valence-electron chi connectivity index (χ2n) is 4.09. The van der Waals surface area contributed by atoms with E-state index in [4.69, 9.17) is 5.73 Å². The van der Waals surface area contributed by atoms with Gasteiger partial charge in [0.2, 0.25) is 5.91 Å². The Balaban J connectivity index is 2.59. The van der Waals surface area contributed by atoms with Gasteiger partial charge in [0, 0.05) is 6.04 Å². The lowest BCUT2D eigenvalue weighted by atomic mass is 9.79. The average molecular weight is 170 g/mol. The van der Waals surface area contributed by atoms with Gasteiger partial charge in [-0.15, -0.1) is 0 Å². The smallest absolute Gasteiger partial charge is 0.224 e. The van der Waals surface area contributed by atoms with E-state index < -0.39 is 5.41 Å². The summed E-state index contributed by atoms with van der Waals surface area (Å²) in [4.78, 5) is 11.1. The lowest BCUT2D eigenvalue weighted by Gasteiger charge is -2.35. The first-order valence-corrected chi connectivity index (χ1v) is 4.58. The number of nitrogens with two attached hydrogens (primary N) is 1. The van der Waals surface area contributed by atoms with Gasteiger partial charge >= 0.3 is 0 Å². The monoisotopic (exact) mass is 170 g/mol. The second kappa shape index (κ2) is 3.44. The number of piperidine rings is 1. The minimum atomic E-state index is -0.402. The van der Waals surface area contributed by atoms with Crippen molar-refractivity contribution < 1.29 is 4.79 Å². The van der Waals surface area contributed by atoms with Crippen LogP contribution in [0.5, 0.6) is 0 Å². The first-order valence-electron chi connectivity index (χ1n) is 4.58. The first kappa shape index (κ1) is 9.52. The van der Waals surface area contributed by atoms with Crippen molar-refractivity contribution in [2.75, 3.05) is 6.54 Å². The standard InChI is InChI=1S/C9H18N2O/c1-9(2,8(10)12)7-5-3-4-6-11-7/h7,11H,3-6H2,1-2H3,(H2,10,12). The molecule has 0 aromatic heterocycles. The Bertz CT molecular complexity index is 171. The van der Waals surface area contributed by atoms with Crippen LogP contribution in [0.1, 0.15) is 33.1 Å². The molecule has 0 spiro atoms. The van der Waals surface area contributed by atoms with Gasteiger partial charge in [-0.25, -0.2) is 0 Å². The van der Waals surface area contributed by atoms with Crippen LogP contribution in [-0.2, 0) is 4.79 Å². The van der Waals surface area contributed by atoms with Gasteiger partial charge in [-0.05, 0) is 33.2 Å². The Morgan fingerprint density at radius 2 is 2.17 bits per heavy atom. The number of nitrogens with one attached hydrogen (secondary N) is 1. The number of hydrogen-bond acceptors (Lipinski definition) is 2. The maximum absolute atomic E-state index is 11.1. The quantitative estimate of drug-likeness (QED) is 0.639. The fraction of sp³-hybridized carbons (Fsp3) is 0.889. The van der Waals surface area contributed by atoms with Crippen molar-refractivity contribution in [3.8, 4) is 0 Å². The minimum Gasteiger partial charge on any atom is -0.369 e. The van der Waals surface area contributed by atoms with Gasteiger partial charge in [-0.1, -0.05) is 6.42 Å². The Morgan fingerprint density at radius 3 is 2.58 bits per heavy atom. The third kappa shape index (κ3) is 1.78. The molecule has 3 N–H and O–H groups in total. The van der Waals surface area contributed by atoms with Crippen LogP contribution in [-0.4, -0.2) is 18.5 Å². The predicted molar refractivity (Wildman–Crippen MR) is 48.6 cm³/mol. The van der Waals surface area contributed by atoms with Crippen LogP contribution in [0, 0.1) is 5.41 Å². The second-order valence-corrected chi connectivity index (χ2v) is 4.09. The Morgan fingerprint density at radius 1 is 1.50 bits per heavy atom. The van der Waals surface area contributed by atoms with Gasteiger partial charge in [-0.2, -0.15) is 0 Å².